The molecule has 1 aliphatic rings. The zero-order chi connectivity index (χ0) is 40.6. The van der Waals surface area contributed by atoms with Crippen LogP contribution in [-0.4, -0.2) is 71.8 Å². The van der Waals surface area contributed by atoms with Gasteiger partial charge in [0.15, 0.2) is 0 Å². The first-order chi connectivity index (χ1) is 27.4. The summed E-state index contributed by atoms with van der Waals surface area (Å²) in [6, 6.07) is 26.0. The number of carbonyl (C=O) groups is 2. The van der Waals surface area contributed by atoms with Crippen molar-refractivity contribution in [2.24, 2.45) is 0 Å². The maximum atomic E-state index is 12.9. The summed E-state index contributed by atoms with van der Waals surface area (Å²) < 4.78 is 12.6. The van der Waals surface area contributed by atoms with E-state index in [1.54, 1.807) is 24.4 Å². The molecule has 4 aromatic carbocycles. The molecule has 0 aliphatic carbocycles. The second kappa shape index (κ2) is 18.4. The smallest absolute Gasteiger partial charge is 0.306 e. The van der Waals surface area contributed by atoms with E-state index in [0.717, 1.165) is 56.7 Å². The molecule has 1 aliphatic heterocycles. The summed E-state index contributed by atoms with van der Waals surface area (Å²) >= 11 is 6.77. The number of likely N-dealkylation sites (N-methyl/N-ethyl adjacent to an activating group) is 1. The molecule has 1 atom stereocenters. The number of hydrogen-bond donors (Lipinski definition) is 3. The van der Waals surface area contributed by atoms with Crippen LogP contribution in [0.4, 0.5) is 5.69 Å². The molecule has 0 unspecified atom stereocenters. The fourth-order valence-corrected chi connectivity index (χ4v) is 7.26. The van der Waals surface area contributed by atoms with E-state index >= 15 is 0 Å². The molecule has 2 heterocycles. The van der Waals surface area contributed by atoms with Crippen LogP contribution in [0, 0.1) is 25.2 Å². The van der Waals surface area contributed by atoms with Crippen LogP contribution in [0.1, 0.15) is 45.4 Å². The van der Waals surface area contributed by atoms with Gasteiger partial charge < -0.3 is 34.8 Å². The molecular formula is C45H46ClN5O6. The van der Waals surface area contributed by atoms with E-state index < -0.39 is 12.1 Å². The number of aromatic nitrogens is 1. The van der Waals surface area contributed by atoms with Crippen LogP contribution in [0.2, 0.25) is 5.02 Å². The van der Waals surface area contributed by atoms with E-state index in [2.05, 4.69) is 77.6 Å². The van der Waals surface area contributed by atoms with Gasteiger partial charge in [0.25, 0.3) is 0 Å². The lowest BCUT2D eigenvalue weighted by atomic mass is 9.89. The van der Waals surface area contributed by atoms with Crippen molar-refractivity contribution in [3.05, 3.63) is 129 Å². The number of hydrogen-bond acceptors (Lipinski definition) is 9. The van der Waals surface area contributed by atoms with Gasteiger partial charge in [-0.05, 0) is 96.7 Å². The van der Waals surface area contributed by atoms with Gasteiger partial charge in [-0.25, -0.2) is 0 Å². The van der Waals surface area contributed by atoms with Crippen LogP contribution in [0.25, 0.3) is 22.3 Å². The van der Waals surface area contributed by atoms with E-state index in [4.69, 9.17) is 26.2 Å². The molecule has 0 radical (unpaired) electrons. The lowest BCUT2D eigenvalue weighted by molar-refractivity contribution is -0.139. The van der Waals surface area contributed by atoms with Crippen LogP contribution in [0.15, 0.2) is 85.2 Å². The van der Waals surface area contributed by atoms with Crippen molar-refractivity contribution in [2.45, 2.75) is 52.6 Å². The summed E-state index contributed by atoms with van der Waals surface area (Å²) in [7, 11) is 4.02. The third-order valence-electron chi connectivity index (χ3n) is 10.1. The van der Waals surface area contributed by atoms with Gasteiger partial charge in [-0.2, -0.15) is 5.26 Å². The van der Waals surface area contributed by atoms with Crippen molar-refractivity contribution >= 4 is 29.2 Å². The second-order valence-electron chi connectivity index (χ2n) is 14.5. The first kappa shape index (κ1) is 40.9. The molecule has 0 bridgehead atoms. The molecule has 0 fully saturated rings. The zero-order valence-corrected chi connectivity index (χ0v) is 33.3. The van der Waals surface area contributed by atoms with Crippen molar-refractivity contribution in [1.82, 2.24) is 15.2 Å². The zero-order valence-electron chi connectivity index (χ0n) is 32.5. The minimum absolute atomic E-state index is 0.0537. The fraction of sp³-hybridized carbons (Fsp3) is 0.289. The highest BCUT2D eigenvalue weighted by atomic mass is 35.5. The Morgan fingerprint density at radius 1 is 0.965 bits per heavy atom. The second-order valence-corrected chi connectivity index (χ2v) is 14.9. The van der Waals surface area contributed by atoms with Gasteiger partial charge in [0.05, 0.1) is 29.5 Å². The molecule has 6 rings (SSSR count). The van der Waals surface area contributed by atoms with Gasteiger partial charge >= 0.3 is 5.97 Å². The number of rotatable bonds is 17. The number of benzene rings is 4. The minimum Gasteiger partial charge on any atom is -0.488 e. The monoisotopic (exact) mass is 787 g/mol. The number of pyridine rings is 1. The molecule has 0 saturated carbocycles. The van der Waals surface area contributed by atoms with Crippen molar-refractivity contribution in [3.63, 3.8) is 0 Å². The lowest BCUT2D eigenvalue weighted by Gasteiger charge is -2.20. The summed E-state index contributed by atoms with van der Waals surface area (Å²) in [5.41, 5.74) is 11.3. The molecule has 57 heavy (non-hydrogen) atoms. The Balaban J connectivity index is 1.22. The highest BCUT2D eigenvalue weighted by Gasteiger charge is 2.27. The minimum atomic E-state index is -1.09. The maximum absolute atomic E-state index is 12.9. The number of anilines is 1. The Morgan fingerprint density at radius 2 is 1.70 bits per heavy atom. The van der Waals surface area contributed by atoms with Gasteiger partial charge in [-0.15, -0.1) is 0 Å². The standard InChI is InChI=1S/C45H46ClN5O6/c1-28-33(7-5-9-38(28)39-10-6-8-37(29(39)2)32-11-12-41-34(16-32)18-44(53)51(41)14-13-50(3)4)27-57-43-20-42(56-26-31-15-30(21-47)22-48-23-31)35(17-40(43)46)24-49-25-36(52)19-45(54)55/h5-12,15-17,20,22-23,36,49,52H,13-14,18-19,24-27H2,1-4H3,(H,54,55)/t36-/m0/s1. The van der Waals surface area contributed by atoms with Gasteiger partial charge in [0, 0.05) is 61.5 Å². The van der Waals surface area contributed by atoms with Crippen LogP contribution in [0.5, 0.6) is 11.5 Å². The number of nitrogens with one attached hydrogen (secondary N) is 1. The molecule has 1 amide bonds. The third kappa shape index (κ3) is 9.97. The Labute approximate surface area is 338 Å². The summed E-state index contributed by atoms with van der Waals surface area (Å²) in [6.07, 6.45) is 2.05. The third-order valence-corrected chi connectivity index (χ3v) is 10.4. The van der Waals surface area contributed by atoms with E-state index in [9.17, 15) is 20.0 Å². The summed E-state index contributed by atoms with van der Waals surface area (Å²) in [5, 5.41) is 31.8. The van der Waals surface area contributed by atoms with Crippen molar-refractivity contribution in [2.75, 3.05) is 38.6 Å². The number of carboxylic acid groups (broad SMARTS) is 1. The largest absolute Gasteiger partial charge is 0.488 e. The summed E-state index contributed by atoms with van der Waals surface area (Å²) in [6.45, 7) is 6.32. The van der Waals surface area contributed by atoms with Crippen molar-refractivity contribution in [1.29, 1.82) is 5.26 Å². The Kier molecular flexibility index (Phi) is 13.2. The Morgan fingerprint density at radius 3 is 2.46 bits per heavy atom. The highest BCUT2D eigenvalue weighted by molar-refractivity contribution is 6.32. The van der Waals surface area contributed by atoms with Crippen molar-refractivity contribution in [3.8, 4) is 39.8 Å². The number of nitrogens with zero attached hydrogens (tertiary/aromatic N) is 4. The molecule has 0 saturated heterocycles. The molecule has 11 nitrogen and oxygen atoms in total. The molecule has 5 aromatic rings. The molecule has 0 spiro atoms. The lowest BCUT2D eigenvalue weighted by Crippen LogP contribution is -2.33. The summed E-state index contributed by atoms with van der Waals surface area (Å²) in [5.74, 6) is -0.0867. The summed E-state index contributed by atoms with van der Waals surface area (Å²) in [4.78, 5) is 32.0. The van der Waals surface area contributed by atoms with E-state index in [-0.39, 0.29) is 38.6 Å². The first-order valence-electron chi connectivity index (χ1n) is 18.7. The molecule has 294 valence electrons. The quantitative estimate of drug-likeness (QED) is 0.0892. The Bertz CT molecular complexity index is 2320. The number of amides is 1. The van der Waals surface area contributed by atoms with Crippen LogP contribution in [0.3, 0.4) is 0 Å². The fourth-order valence-electron chi connectivity index (χ4n) is 7.02. The SMILES string of the molecule is Cc1c(COc2cc(OCc3cncc(C#N)c3)c(CNC[C@@H](O)CC(=O)O)cc2Cl)cccc1-c1cccc(-c2ccc3c(c2)CC(=O)N3CCN(C)C)c1C. The molecular weight excluding hydrogens is 742 g/mol. The number of ether oxygens (including phenoxy) is 2. The predicted molar refractivity (Wildman–Crippen MR) is 220 cm³/mol. The molecule has 12 heteroatoms. The topological polar surface area (TPSA) is 148 Å². The molecule has 1 aromatic heterocycles. The van der Waals surface area contributed by atoms with E-state index in [1.165, 1.54) is 6.20 Å². The number of carboxylic acids is 1. The van der Waals surface area contributed by atoms with Crippen LogP contribution in [-0.2, 0) is 35.8 Å². The van der Waals surface area contributed by atoms with Gasteiger partial charge in [-0.3, -0.25) is 14.6 Å². The number of halogens is 1. The van der Waals surface area contributed by atoms with E-state index in [0.29, 0.717) is 46.2 Å². The van der Waals surface area contributed by atoms with Crippen LogP contribution >= 0.6 is 11.6 Å². The number of fused-ring (bicyclic) bond motifs is 1. The maximum Gasteiger partial charge on any atom is 0.306 e. The van der Waals surface area contributed by atoms with Gasteiger partial charge in [0.2, 0.25) is 5.91 Å². The van der Waals surface area contributed by atoms with Gasteiger partial charge in [-0.1, -0.05) is 54.1 Å². The average Bonchev–Trinajstić information content (AvgIpc) is 3.50. The number of aliphatic carboxylic acids is 1. The normalized spacial score (nSPS) is 12.7. The first-order valence-corrected chi connectivity index (χ1v) is 19.1. The predicted octanol–water partition coefficient (Wildman–Crippen LogP) is 7.09. The van der Waals surface area contributed by atoms with Gasteiger partial charge in [0.1, 0.15) is 30.8 Å². The Hall–Kier alpha value is -5.77. The highest BCUT2D eigenvalue weighted by Crippen LogP contribution is 2.39. The van der Waals surface area contributed by atoms with E-state index in [1.807, 2.05) is 31.1 Å². The number of carbonyl (C=O) groups excluding carboxylic acids is 1. The number of aliphatic hydroxyl groups is 1. The average molecular weight is 788 g/mol. The number of nitriles is 1. The van der Waals surface area contributed by atoms with Crippen molar-refractivity contribution < 1.29 is 29.3 Å². The van der Waals surface area contributed by atoms with Crippen LogP contribution < -0.4 is 19.7 Å². The molecule has 3 N–H and O–H groups in total. The number of aliphatic hydroxyl groups excluding tert-OH is 1.